The van der Waals surface area contributed by atoms with E-state index in [9.17, 15) is 22.4 Å². The van der Waals surface area contributed by atoms with Crippen LogP contribution >= 0.6 is 0 Å². The largest absolute Gasteiger partial charge is 0.495 e. The van der Waals surface area contributed by atoms with E-state index in [0.717, 1.165) is 29.8 Å². The van der Waals surface area contributed by atoms with E-state index in [0.29, 0.717) is 16.0 Å². The quantitative estimate of drug-likeness (QED) is 0.444. The van der Waals surface area contributed by atoms with E-state index in [1.807, 2.05) is 6.92 Å². The van der Waals surface area contributed by atoms with Gasteiger partial charge >= 0.3 is 6.18 Å². The van der Waals surface area contributed by atoms with Crippen molar-refractivity contribution in [2.75, 3.05) is 12.4 Å². The molecule has 0 fully saturated rings. The average molecular weight is 444 g/mol. The number of halogens is 4. The lowest BCUT2D eigenvalue weighted by molar-refractivity contribution is -0.142. The number of nitrogens with zero attached hydrogens (tertiary/aromatic N) is 3. The number of rotatable bonds is 4. The van der Waals surface area contributed by atoms with Crippen LogP contribution in [0.5, 0.6) is 5.75 Å². The topological polar surface area (TPSA) is 68.5 Å². The molecule has 4 rings (SSSR count). The number of methoxy groups -OCH3 is 1. The first-order valence-corrected chi connectivity index (χ1v) is 9.35. The minimum atomic E-state index is -4.77. The van der Waals surface area contributed by atoms with Gasteiger partial charge in [-0.1, -0.05) is 6.07 Å². The second kappa shape index (κ2) is 7.95. The smallest absolute Gasteiger partial charge is 0.433 e. The Balaban J connectivity index is 1.78. The van der Waals surface area contributed by atoms with Crippen LogP contribution in [-0.2, 0) is 6.18 Å². The highest BCUT2D eigenvalue weighted by molar-refractivity contribution is 6.04. The van der Waals surface area contributed by atoms with E-state index in [1.54, 1.807) is 18.2 Å². The van der Waals surface area contributed by atoms with Gasteiger partial charge in [-0.05, 0) is 55.0 Å². The Kier molecular flexibility index (Phi) is 5.29. The van der Waals surface area contributed by atoms with Crippen molar-refractivity contribution in [1.82, 2.24) is 14.6 Å². The van der Waals surface area contributed by atoms with Gasteiger partial charge in [0.05, 0.1) is 18.5 Å². The fraction of sp³-hybridized carbons (Fsp3) is 0.136. The summed E-state index contributed by atoms with van der Waals surface area (Å²) in [6.07, 6.45) is -4.77. The second-order valence-corrected chi connectivity index (χ2v) is 6.99. The number of nitrogens with one attached hydrogen (secondary N) is 1. The number of alkyl halides is 3. The number of hydrogen-bond acceptors (Lipinski definition) is 4. The molecule has 0 saturated carbocycles. The number of ether oxygens (including phenoxy) is 1. The third-order valence-corrected chi connectivity index (χ3v) is 4.69. The van der Waals surface area contributed by atoms with E-state index in [-0.39, 0.29) is 22.6 Å². The maximum atomic E-state index is 13.7. The molecule has 2 aromatic heterocycles. The summed E-state index contributed by atoms with van der Waals surface area (Å²) < 4.78 is 60.1. The maximum Gasteiger partial charge on any atom is 0.433 e. The number of amides is 1. The zero-order chi connectivity index (χ0) is 23.0. The molecule has 0 aliphatic carbocycles. The number of carbonyl (C=O) groups excluding carboxylic acids is 1. The molecule has 0 aliphatic heterocycles. The lowest BCUT2D eigenvalue weighted by atomic mass is 10.1. The summed E-state index contributed by atoms with van der Waals surface area (Å²) in [5.74, 6) is -0.864. The van der Waals surface area contributed by atoms with Gasteiger partial charge in [-0.3, -0.25) is 4.79 Å². The van der Waals surface area contributed by atoms with Crippen molar-refractivity contribution >= 4 is 17.2 Å². The van der Waals surface area contributed by atoms with E-state index >= 15 is 0 Å². The van der Waals surface area contributed by atoms with Gasteiger partial charge in [0.1, 0.15) is 11.6 Å². The molecule has 0 aliphatic rings. The summed E-state index contributed by atoms with van der Waals surface area (Å²) in [7, 11) is 1.43. The Morgan fingerprint density at radius 2 is 1.78 bits per heavy atom. The molecular weight excluding hydrogens is 428 g/mol. The molecule has 164 valence electrons. The normalized spacial score (nSPS) is 11.6. The Bertz CT molecular complexity index is 1310. The third-order valence-electron chi connectivity index (χ3n) is 4.69. The number of hydrogen-bond donors (Lipinski definition) is 1. The first-order chi connectivity index (χ1) is 15.2. The van der Waals surface area contributed by atoms with Crippen molar-refractivity contribution in [3.05, 3.63) is 77.4 Å². The lowest BCUT2D eigenvalue weighted by Crippen LogP contribution is -2.16. The van der Waals surface area contributed by atoms with Crippen molar-refractivity contribution in [1.29, 1.82) is 0 Å². The summed E-state index contributed by atoms with van der Waals surface area (Å²) in [5.41, 5.74) is -0.0999. The first-order valence-electron chi connectivity index (χ1n) is 9.35. The van der Waals surface area contributed by atoms with Gasteiger partial charge in [0.2, 0.25) is 0 Å². The van der Waals surface area contributed by atoms with Crippen LogP contribution in [-0.4, -0.2) is 27.6 Å². The molecule has 4 aromatic rings. The first kappa shape index (κ1) is 21.3. The SMILES string of the molecule is COc1ccc(C)cc1NC(=O)c1cc2nc(-c3ccc(F)cc3)cc(C(F)(F)F)n2n1. The van der Waals surface area contributed by atoms with E-state index in [1.165, 1.54) is 19.2 Å². The van der Waals surface area contributed by atoms with E-state index in [4.69, 9.17) is 4.74 Å². The van der Waals surface area contributed by atoms with Gasteiger partial charge in [0.25, 0.3) is 5.91 Å². The Hall–Kier alpha value is -3.95. The molecule has 1 amide bonds. The molecule has 0 unspecified atom stereocenters. The van der Waals surface area contributed by atoms with Crippen LogP contribution < -0.4 is 10.1 Å². The second-order valence-electron chi connectivity index (χ2n) is 6.99. The summed E-state index contributed by atoms with van der Waals surface area (Å²) in [5, 5.41) is 6.42. The molecule has 2 heterocycles. The van der Waals surface area contributed by atoms with Crippen molar-refractivity contribution < 1.29 is 27.1 Å². The predicted octanol–water partition coefficient (Wildman–Crippen LogP) is 5.12. The van der Waals surface area contributed by atoms with Crippen LogP contribution in [0.15, 0.2) is 54.6 Å². The molecule has 2 aromatic carbocycles. The Morgan fingerprint density at radius 1 is 1.06 bits per heavy atom. The number of aromatic nitrogens is 3. The van der Waals surface area contributed by atoms with Gasteiger partial charge in [-0.25, -0.2) is 13.9 Å². The zero-order valence-corrected chi connectivity index (χ0v) is 16.9. The van der Waals surface area contributed by atoms with Gasteiger partial charge in [0.15, 0.2) is 17.0 Å². The maximum absolute atomic E-state index is 13.7. The van der Waals surface area contributed by atoms with Crippen molar-refractivity contribution in [3.8, 4) is 17.0 Å². The van der Waals surface area contributed by atoms with Crippen LogP contribution in [0.4, 0.5) is 23.2 Å². The minimum Gasteiger partial charge on any atom is -0.495 e. The van der Waals surface area contributed by atoms with Crippen LogP contribution in [0, 0.1) is 12.7 Å². The molecule has 0 saturated heterocycles. The lowest BCUT2D eigenvalue weighted by Gasteiger charge is -2.11. The minimum absolute atomic E-state index is 0.0305. The molecule has 0 bridgehead atoms. The molecule has 6 nitrogen and oxygen atoms in total. The summed E-state index contributed by atoms with van der Waals surface area (Å²) >= 11 is 0. The number of aryl methyl sites for hydroxylation is 1. The zero-order valence-electron chi connectivity index (χ0n) is 16.9. The number of fused-ring (bicyclic) bond motifs is 1. The van der Waals surface area contributed by atoms with E-state index in [2.05, 4.69) is 15.4 Å². The van der Waals surface area contributed by atoms with Crippen LogP contribution in [0.2, 0.25) is 0 Å². The molecule has 10 heteroatoms. The van der Waals surface area contributed by atoms with Crippen molar-refractivity contribution in [2.24, 2.45) is 0 Å². The molecule has 0 atom stereocenters. The standard InChI is InChI=1S/C22H16F4N4O2/c1-12-3-8-18(32-2)16(9-12)28-21(31)17-11-20-27-15(13-4-6-14(23)7-5-13)10-19(22(24,25)26)30(20)29-17/h3-11H,1-2H3,(H,28,31). The molecule has 32 heavy (non-hydrogen) atoms. The molecule has 1 N–H and O–H groups in total. The predicted molar refractivity (Wildman–Crippen MR) is 109 cm³/mol. The van der Waals surface area contributed by atoms with Crippen LogP contribution in [0.3, 0.4) is 0 Å². The van der Waals surface area contributed by atoms with Crippen molar-refractivity contribution in [2.45, 2.75) is 13.1 Å². The third kappa shape index (κ3) is 4.11. The van der Waals surface area contributed by atoms with Gasteiger partial charge in [0, 0.05) is 11.6 Å². The summed E-state index contributed by atoms with van der Waals surface area (Å²) in [4.78, 5) is 16.9. The average Bonchev–Trinajstić information content (AvgIpc) is 3.17. The molecule has 0 radical (unpaired) electrons. The number of carbonyl (C=O) groups is 1. The monoisotopic (exact) mass is 444 g/mol. The number of benzene rings is 2. The fourth-order valence-corrected chi connectivity index (χ4v) is 3.16. The highest BCUT2D eigenvalue weighted by atomic mass is 19.4. The van der Waals surface area contributed by atoms with Gasteiger partial charge < -0.3 is 10.1 Å². The fourth-order valence-electron chi connectivity index (χ4n) is 3.16. The number of anilines is 1. The van der Waals surface area contributed by atoms with Crippen molar-refractivity contribution in [3.63, 3.8) is 0 Å². The Labute approximate surface area is 179 Å². The van der Waals surface area contributed by atoms with E-state index < -0.39 is 23.6 Å². The van der Waals surface area contributed by atoms with Crippen LogP contribution in [0.1, 0.15) is 21.7 Å². The van der Waals surface area contributed by atoms with Gasteiger partial charge in [-0.15, -0.1) is 0 Å². The molecule has 0 spiro atoms. The highest BCUT2D eigenvalue weighted by Crippen LogP contribution is 2.32. The summed E-state index contributed by atoms with van der Waals surface area (Å²) in [6.45, 7) is 1.82. The Morgan fingerprint density at radius 3 is 2.44 bits per heavy atom. The highest BCUT2D eigenvalue weighted by Gasteiger charge is 2.35. The van der Waals surface area contributed by atoms with Gasteiger partial charge in [-0.2, -0.15) is 18.3 Å². The van der Waals surface area contributed by atoms with Crippen LogP contribution in [0.25, 0.3) is 16.9 Å². The summed E-state index contributed by atoms with van der Waals surface area (Å²) in [6, 6.07) is 12.0. The molecular formula is C22H16F4N4O2.